The van der Waals surface area contributed by atoms with Gasteiger partial charge in [-0.05, 0) is 26.0 Å². The van der Waals surface area contributed by atoms with E-state index in [4.69, 9.17) is 0 Å². The number of benzene rings is 1. The fourth-order valence-electron chi connectivity index (χ4n) is 0.985. The first kappa shape index (κ1) is 9.71. The molecule has 13 heavy (non-hydrogen) atoms. The minimum absolute atomic E-state index is 0.0205. The minimum atomic E-state index is -0.486. The number of nitrogens with one attached hydrogen (secondary N) is 1. The zero-order chi connectivity index (χ0) is 9.84. The fraction of sp³-hybridized carbons (Fsp3) is 0.300. The largest absolute Gasteiger partial charge is 0.350 e. The number of carbonyl (C=O) groups excluding carboxylic acids is 1. The standard InChI is InChI=1S/C10H12FNO/c1-7(2)12-10(13)8-5-3-4-6-9(8)11/h3-7H,1-2H3,(H,12,13). The number of hydrogen-bond acceptors (Lipinski definition) is 1. The normalized spacial score (nSPS) is 10.2. The molecule has 70 valence electrons. The SMILES string of the molecule is CC(C)NC(=O)c1ccccc1F. The lowest BCUT2D eigenvalue weighted by molar-refractivity contribution is 0.0939. The van der Waals surface area contributed by atoms with E-state index in [1.165, 1.54) is 12.1 Å². The third-order valence-corrected chi connectivity index (χ3v) is 1.54. The van der Waals surface area contributed by atoms with Crippen LogP contribution < -0.4 is 5.32 Å². The van der Waals surface area contributed by atoms with Gasteiger partial charge in [0.15, 0.2) is 0 Å². The summed E-state index contributed by atoms with van der Waals surface area (Å²) in [7, 11) is 0. The van der Waals surface area contributed by atoms with Crippen LogP contribution in [0.2, 0.25) is 0 Å². The first-order valence-corrected chi connectivity index (χ1v) is 4.16. The van der Waals surface area contributed by atoms with Gasteiger partial charge in [0, 0.05) is 6.04 Å². The molecular formula is C10H12FNO. The molecule has 0 saturated heterocycles. The number of carbonyl (C=O) groups is 1. The van der Waals surface area contributed by atoms with E-state index in [2.05, 4.69) is 5.32 Å². The van der Waals surface area contributed by atoms with E-state index in [1.807, 2.05) is 13.8 Å². The monoisotopic (exact) mass is 181 g/mol. The molecule has 1 aromatic carbocycles. The van der Waals surface area contributed by atoms with Gasteiger partial charge in [-0.2, -0.15) is 0 Å². The molecule has 3 heteroatoms. The first-order valence-electron chi connectivity index (χ1n) is 4.16. The predicted octanol–water partition coefficient (Wildman–Crippen LogP) is 1.96. The van der Waals surface area contributed by atoms with Crippen molar-refractivity contribution >= 4 is 5.91 Å². The Morgan fingerprint density at radius 2 is 2.00 bits per heavy atom. The Labute approximate surface area is 76.8 Å². The highest BCUT2D eigenvalue weighted by atomic mass is 19.1. The van der Waals surface area contributed by atoms with Gasteiger partial charge in [-0.25, -0.2) is 4.39 Å². The van der Waals surface area contributed by atoms with Crippen molar-refractivity contribution in [2.75, 3.05) is 0 Å². The molecule has 0 heterocycles. The molecule has 0 aromatic heterocycles. The van der Waals surface area contributed by atoms with Gasteiger partial charge in [0.05, 0.1) is 5.56 Å². The molecule has 0 radical (unpaired) electrons. The molecule has 0 aliphatic carbocycles. The molecule has 1 amide bonds. The molecule has 0 aliphatic rings. The topological polar surface area (TPSA) is 29.1 Å². The van der Waals surface area contributed by atoms with Gasteiger partial charge in [-0.1, -0.05) is 12.1 Å². The molecule has 1 N–H and O–H groups in total. The van der Waals surface area contributed by atoms with Crippen molar-refractivity contribution in [2.45, 2.75) is 19.9 Å². The summed E-state index contributed by atoms with van der Waals surface area (Å²) >= 11 is 0. The Bertz CT molecular complexity index is 310. The Morgan fingerprint density at radius 1 is 1.38 bits per heavy atom. The van der Waals surface area contributed by atoms with E-state index < -0.39 is 5.82 Å². The van der Waals surface area contributed by atoms with E-state index in [-0.39, 0.29) is 17.5 Å². The van der Waals surface area contributed by atoms with Crippen molar-refractivity contribution in [2.24, 2.45) is 0 Å². The Hall–Kier alpha value is -1.38. The van der Waals surface area contributed by atoms with E-state index in [9.17, 15) is 9.18 Å². The molecule has 0 aliphatic heterocycles. The highest BCUT2D eigenvalue weighted by Gasteiger charge is 2.10. The summed E-state index contributed by atoms with van der Waals surface area (Å²) < 4.78 is 13.0. The first-order chi connectivity index (χ1) is 6.11. The molecule has 0 atom stereocenters. The molecule has 0 spiro atoms. The highest BCUT2D eigenvalue weighted by Crippen LogP contribution is 2.05. The average molecular weight is 181 g/mol. The average Bonchev–Trinajstić information content (AvgIpc) is 2.03. The lowest BCUT2D eigenvalue weighted by Crippen LogP contribution is -2.30. The number of rotatable bonds is 2. The third-order valence-electron chi connectivity index (χ3n) is 1.54. The van der Waals surface area contributed by atoms with Crippen LogP contribution in [-0.4, -0.2) is 11.9 Å². The van der Waals surface area contributed by atoms with Crippen LogP contribution in [0.5, 0.6) is 0 Å². The fourth-order valence-corrected chi connectivity index (χ4v) is 0.985. The second kappa shape index (κ2) is 4.03. The van der Waals surface area contributed by atoms with E-state index in [1.54, 1.807) is 12.1 Å². The lowest BCUT2D eigenvalue weighted by Gasteiger charge is -2.08. The Morgan fingerprint density at radius 3 is 2.54 bits per heavy atom. The van der Waals surface area contributed by atoms with Gasteiger partial charge in [0.25, 0.3) is 5.91 Å². The van der Waals surface area contributed by atoms with Crippen LogP contribution in [0.25, 0.3) is 0 Å². The van der Waals surface area contributed by atoms with Crippen molar-refractivity contribution in [1.82, 2.24) is 5.32 Å². The summed E-state index contributed by atoms with van der Waals surface area (Å²) in [5.41, 5.74) is 0.0937. The van der Waals surface area contributed by atoms with Crippen LogP contribution in [0.4, 0.5) is 4.39 Å². The maximum atomic E-state index is 13.0. The van der Waals surface area contributed by atoms with Gasteiger partial charge in [-0.3, -0.25) is 4.79 Å². The van der Waals surface area contributed by atoms with Gasteiger partial charge < -0.3 is 5.32 Å². The minimum Gasteiger partial charge on any atom is -0.350 e. The number of halogens is 1. The van der Waals surface area contributed by atoms with E-state index in [0.717, 1.165) is 0 Å². The van der Waals surface area contributed by atoms with Crippen LogP contribution in [0.1, 0.15) is 24.2 Å². The van der Waals surface area contributed by atoms with Crippen molar-refractivity contribution in [1.29, 1.82) is 0 Å². The van der Waals surface area contributed by atoms with Crippen LogP contribution in [0, 0.1) is 5.82 Å². The maximum absolute atomic E-state index is 13.0. The molecule has 0 fully saturated rings. The van der Waals surface area contributed by atoms with Gasteiger partial charge >= 0.3 is 0 Å². The molecule has 1 rings (SSSR count). The zero-order valence-electron chi connectivity index (χ0n) is 7.67. The van der Waals surface area contributed by atoms with Crippen molar-refractivity contribution < 1.29 is 9.18 Å². The van der Waals surface area contributed by atoms with Crippen molar-refractivity contribution in [3.8, 4) is 0 Å². The lowest BCUT2D eigenvalue weighted by atomic mass is 10.2. The van der Waals surface area contributed by atoms with Gasteiger partial charge in [-0.15, -0.1) is 0 Å². The molecule has 0 bridgehead atoms. The second-order valence-electron chi connectivity index (χ2n) is 3.11. The van der Waals surface area contributed by atoms with Crippen molar-refractivity contribution in [3.05, 3.63) is 35.6 Å². The quantitative estimate of drug-likeness (QED) is 0.742. The summed E-state index contributed by atoms with van der Waals surface area (Å²) in [6, 6.07) is 5.95. The molecule has 1 aromatic rings. The van der Waals surface area contributed by atoms with Crippen LogP contribution >= 0.6 is 0 Å². The number of hydrogen-bond donors (Lipinski definition) is 1. The zero-order valence-corrected chi connectivity index (χ0v) is 7.67. The Kier molecular flexibility index (Phi) is 3.01. The third kappa shape index (κ3) is 2.54. The number of amides is 1. The molecule has 0 unspecified atom stereocenters. The summed E-state index contributed by atoms with van der Waals surface area (Å²) in [5, 5.41) is 2.62. The maximum Gasteiger partial charge on any atom is 0.254 e. The van der Waals surface area contributed by atoms with Crippen LogP contribution in [0.15, 0.2) is 24.3 Å². The summed E-state index contributed by atoms with van der Waals surface area (Å²) in [6.45, 7) is 3.66. The molecular weight excluding hydrogens is 169 g/mol. The Balaban J connectivity index is 2.83. The molecule has 0 saturated carbocycles. The molecule has 2 nitrogen and oxygen atoms in total. The van der Waals surface area contributed by atoms with Crippen molar-refractivity contribution in [3.63, 3.8) is 0 Å². The smallest absolute Gasteiger partial charge is 0.254 e. The van der Waals surface area contributed by atoms with Gasteiger partial charge in [0.1, 0.15) is 5.82 Å². The van der Waals surface area contributed by atoms with E-state index >= 15 is 0 Å². The summed E-state index contributed by atoms with van der Waals surface area (Å²) in [5.74, 6) is -0.853. The van der Waals surface area contributed by atoms with Gasteiger partial charge in [0.2, 0.25) is 0 Å². The summed E-state index contributed by atoms with van der Waals surface area (Å²) in [6.07, 6.45) is 0. The highest BCUT2D eigenvalue weighted by molar-refractivity contribution is 5.94. The van der Waals surface area contributed by atoms with Crippen LogP contribution in [0.3, 0.4) is 0 Å². The summed E-state index contributed by atoms with van der Waals surface area (Å²) in [4.78, 5) is 11.3. The van der Waals surface area contributed by atoms with Crippen LogP contribution in [-0.2, 0) is 0 Å². The second-order valence-corrected chi connectivity index (χ2v) is 3.11. The predicted molar refractivity (Wildman–Crippen MR) is 49.0 cm³/mol. The van der Waals surface area contributed by atoms with E-state index in [0.29, 0.717) is 0 Å².